The molecule has 4 nitrogen and oxygen atoms in total. The molecule has 0 aliphatic heterocycles. The maximum atomic E-state index is 11.0. The van der Waals surface area contributed by atoms with Crippen LogP contribution in [0.5, 0.6) is 5.75 Å². The summed E-state index contributed by atoms with van der Waals surface area (Å²) in [4.78, 5) is 11.0. The third-order valence-corrected chi connectivity index (χ3v) is 2.09. The van der Waals surface area contributed by atoms with E-state index in [2.05, 4.69) is 13.8 Å². The molecule has 0 amide bonds. The van der Waals surface area contributed by atoms with Gasteiger partial charge in [0.05, 0.1) is 0 Å². The molecule has 5 heteroatoms. The standard InChI is InChI=1S/C13H18O2.Na.2H2O.H/c1-4-13(14)15-12-7-5-11(6-8-12)9-10(2)3;;;;/h5-8,10H,4,9H2,1-3H3;;2*1H2;/q;+1;;;-1. The van der Waals surface area contributed by atoms with Crippen LogP contribution in [0.2, 0.25) is 0 Å². The van der Waals surface area contributed by atoms with Gasteiger partial charge in [-0.1, -0.05) is 32.9 Å². The summed E-state index contributed by atoms with van der Waals surface area (Å²) in [6, 6.07) is 7.73. The van der Waals surface area contributed by atoms with Crippen molar-refractivity contribution >= 4 is 5.97 Å². The average molecular weight is 266 g/mol. The first-order valence-corrected chi connectivity index (χ1v) is 5.41. The van der Waals surface area contributed by atoms with Gasteiger partial charge in [-0.15, -0.1) is 0 Å². The molecule has 0 aliphatic rings. The van der Waals surface area contributed by atoms with E-state index in [0.29, 0.717) is 18.1 Å². The van der Waals surface area contributed by atoms with Crippen molar-refractivity contribution in [2.24, 2.45) is 5.92 Å². The molecule has 0 aliphatic carbocycles. The van der Waals surface area contributed by atoms with Crippen molar-refractivity contribution in [3.8, 4) is 5.75 Å². The van der Waals surface area contributed by atoms with E-state index in [-0.39, 0.29) is 47.9 Å². The summed E-state index contributed by atoms with van der Waals surface area (Å²) in [6.07, 6.45) is 1.47. The molecule has 0 radical (unpaired) electrons. The Balaban J connectivity index is -0.000000281. The third-order valence-electron chi connectivity index (χ3n) is 2.09. The van der Waals surface area contributed by atoms with Crippen LogP contribution >= 0.6 is 0 Å². The molecule has 0 bridgehead atoms. The van der Waals surface area contributed by atoms with Gasteiger partial charge in [0.2, 0.25) is 0 Å². The Morgan fingerprint density at radius 3 is 2.11 bits per heavy atom. The second-order valence-electron chi connectivity index (χ2n) is 4.07. The van der Waals surface area contributed by atoms with Gasteiger partial charge in [-0.25, -0.2) is 0 Å². The van der Waals surface area contributed by atoms with Crippen LogP contribution in [-0.4, -0.2) is 16.9 Å². The maximum absolute atomic E-state index is 11.0. The number of rotatable bonds is 4. The smallest absolute Gasteiger partial charge is 1.00 e. The zero-order valence-corrected chi connectivity index (χ0v) is 13.6. The molecular weight excluding hydrogens is 243 g/mol. The predicted octanol–water partition coefficient (Wildman–Crippen LogP) is -1.33. The van der Waals surface area contributed by atoms with Gasteiger partial charge >= 0.3 is 35.5 Å². The monoisotopic (exact) mass is 266 g/mol. The largest absolute Gasteiger partial charge is 1.00 e. The quantitative estimate of drug-likeness (QED) is 0.384. The summed E-state index contributed by atoms with van der Waals surface area (Å²) in [5, 5.41) is 0. The van der Waals surface area contributed by atoms with E-state index in [1.165, 1.54) is 5.56 Å². The Hall–Kier alpha value is -0.390. The van der Waals surface area contributed by atoms with Crippen LogP contribution in [0.1, 0.15) is 34.2 Å². The topological polar surface area (TPSA) is 89.3 Å². The normalized spacial score (nSPS) is 8.67. The molecule has 1 aromatic rings. The second-order valence-corrected chi connectivity index (χ2v) is 4.07. The van der Waals surface area contributed by atoms with E-state index in [0.717, 1.165) is 6.42 Å². The minimum Gasteiger partial charge on any atom is -1.00 e. The Morgan fingerprint density at radius 1 is 1.22 bits per heavy atom. The molecule has 0 atom stereocenters. The molecule has 0 heterocycles. The average Bonchev–Trinajstić information content (AvgIpc) is 2.20. The fraction of sp³-hybridized carbons (Fsp3) is 0.462. The van der Waals surface area contributed by atoms with Gasteiger partial charge in [-0.3, -0.25) is 4.79 Å². The molecule has 100 valence electrons. The minimum absolute atomic E-state index is 0. The van der Waals surface area contributed by atoms with Gasteiger partial charge < -0.3 is 17.1 Å². The first kappa shape index (κ1) is 22.8. The van der Waals surface area contributed by atoms with Crippen LogP contribution in [0.4, 0.5) is 0 Å². The predicted molar refractivity (Wildman–Crippen MR) is 69.2 cm³/mol. The summed E-state index contributed by atoms with van der Waals surface area (Å²) in [7, 11) is 0. The van der Waals surface area contributed by atoms with E-state index in [1.54, 1.807) is 6.92 Å². The van der Waals surface area contributed by atoms with Crippen LogP contribution in [0.15, 0.2) is 24.3 Å². The third kappa shape index (κ3) is 8.66. The molecule has 0 fully saturated rings. The van der Waals surface area contributed by atoms with E-state index < -0.39 is 0 Å². The van der Waals surface area contributed by atoms with Gasteiger partial charge in [-0.05, 0) is 30.0 Å². The first-order chi connectivity index (χ1) is 7.11. The Kier molecular flexibility index (Phi) is 14.8. The minimum atomic E-state index is -0.188. The summed E-state index contributed by atoms with van der Waals surface area (Å²) in [5.74, 6) is 1.09. The molecule has 4 N–H and O–H groups in total. The van der Waals surface area contributed by atoms with E-state index in [9.17, 15) is 4.79 Å². The van der Waals surface area contributed by atoms with E-state index >= 15 is 0 Å². The number of hydrogen-bond donors (Lipinski definition) is 0. The Labute approximate surface area is 132 Å². The van der Waals surface area contributed by atoms with Crippen molar-refractivity contribution < 1.29 is 51.5 Å². The van der Waals surface area contributed by atoms with Gasteiger partial charge in [0, 0.05) is 6.42 Å². The number of hydrogen-bond acceptors (Lipinski definition) is 2. The zero-order valence-electron chi connectivity index (χ0n) is 12.6. The van der Waals surface area contributed by atoms with Crippen LogP contribution in [-0.2, 0) is 11.2 Å². The zero-order chi connectivity index (χ0) is 11.3. The number of carbonyl (C=O) groups is 1. The fourth-order valence-electron chi connectivity index (χ4n) is 1.37. The van der Waals surface area contributed by atoms with E-state index in [1.807, 2.05) is 24.3 Å². The van der Waals surface area contributed by atoms with Crippen molar-refractivity contribution in [1.82, 2.24) is 0 Å². The van der Waals surface area contributed by atoms with Crippen molar-refractivity contribution in [3.05, 3.63) is 29.8 Å². The Morgan fingerprint density at radius 2 is 1.72 bits per heavy atom. The van der Waals surface area contributed by atoms with Crippen molar-refractivity contribution in [3.63, 3.8) is 0 Å². The van der Waals surface area contributed by atoms with Crippen LogP contribution < -0.4 is 34.3 Å². The summed E-state index contributed by atoms with van der Waals surface area (Å²) in [6.45, 7) is 6.16. The molecule has 0 saturated heterocycles. The molecule has 1 aromatic carbocycles. The summed E-state index contributed by atoms with van der Waals surface area (Å²) >= 11 is 0. The molecule has 0 unspecified atom stereocenters. The van der Waals surface area contributed by atoms with Gasteiger partial charge in [0.25, 0.3) is 0 Å². The van der Waals surface area contributed by atoms with Gasteiger partial charge in [-0.2, -0.15) is 0 Å². The summed E-state index contributed by atoms with van der Waals surface area (Å²) < 4.78 is 5.08. The molecule has 0 aromatic heterocycles. The van der Waals surface area contributed by atoms with Crippen LogP contribution in [0, 0.1) is 5.92 Å². The van der Waals surface area contributed by atoms with Crippen molar-refractivity contribution in [2.45, 2.75) is 33.6 Å². The number of ether oxygens (including phenoxy) is 1. The number of benzene rings is 1. The molecule has 0 spiro atoms. The molecular formula is C13H23NaO4. The van der Waals surface area contributed by atoms with Crippen LogP contribution in [0.3, 0.4) is 0 Å². The number of carbonyl (C=O) groups excluding carboxylic acids is 1. The number of esters is 1. The second kappa shape index (κ2) is 11.7. The molecule has 0 saturated carbocycles. The van der Waals surface area contributed by atoms with Crippen LogP contribution in [0.25, 0.3) is 0 Å². The van der Waals surface area contributed by atoms with E-state index in [4.69, 9.17) is 4.74 Å². The van der Waals surface area contributed by atoms with Crippen molar-refractivity contribution in [2.75, 3.05) is 0 Å². The first-order valence-electron chi connectivity index (χ1n) is 5.41. The van der Waals surface area contributed by atoms with Gasteiger partial charge in [0.1, 0.15) is 5.75 Å². The molecule has 1 rings (SSSR count). The van der Waals surface area contributed by atoms with Crippen molar-refractivity contribution in [1.29, 1.82) is 0 Å². The Bertz CT molecular complexity index is 328. The fourth-order valence-corrected chi connectivity index (χ4v) is 1.37. The maximum Gasteiger partial charge on any atom is 1.00 e. The summed E-state index contributed by atoms with van der Waals surface area (Å²) in [5.41, 5.74) is 1.28. The molecule has 18 heavy (non-hydrogen) atoms. The SMILES string of the molecule is CCC(=O)Oc1ccc(CC(C)C)cc1.O.O.[H-].[Na+]. The van der Waals surface area contributed by atoms with Gasteiger partial charge in [0.15, 0.2) is 0 Å².